The number of rotatable bonds is 4. The van der Waals surface area contributed by atoms with Crippen LogP contribution >= 0.6 is 0 Å². The number of amides is 1. The van der Waals surface area contributed by atoms with E-state index in [4.69, 9.17) is 0 Å². The van der Waals surface area contributed by atoms with Crippen LogP contribution in [0.3, 0.4) is 0 Å². The Balaban J connectivity index is 2.88. The highest BCUT2D eigenvalue weighted by molar-refractivity contribution is 5.89. The lowest BCUT2D eigenvalue weighted by molar-refractivity contribution is -0.124. The molecule has 1 aliphatic carbocycles. The number of allylic oxidation sites excluding steroid dienone is 2. The summed E-state index contributed by atoms with van der Waals surface area (Å²) in [6.45, 7) is 1.96. The van der Waals surface area contributed by atoms with Gasteiger partial charge in [-0.3, -0.25) is 4.79 Å². The van der Waals surface area contributed by atoms with Crippen LogP contribution in [0.2, 0.25) is 0 Å². The molecule has 3 heteroatoms. The second-order valence-electron chi connectivity index (χ2n) is 3.55. The quantitative estimate of drug-likeness (QED) is 0.660. The lowest BCUT2D eigenvalue weighted by Gasteiger charge is -2.14. The Bertz CT molecular complexity index is 275. The standard InChI is InChI=1S/C11H18N2O/c1-4-5-9(8-12-2)11(6-7-11)10(14)13-3/h4-5,8,12H,6-7H2,1-3H3,(H,13,14)/b5-4-,9-8+. The highest BCUT2D eigenvalue weighted by atomic mass is 16.2. The number of hydrogen-bond donors (Lipinski definition) is 2. The van der Waals surface area contributed by atoms with Crippen LogP contribution < -0.4 is 10.6 Å². The monoisotopic (exact) mass is 194 g/mol. The summed E-state index contributed by atoms with van der Waals surface area (Å²) in [6.07, 6.45) is 7.77. The van der Waals surface area contributed by atoms with E-state index in [0.717, 1.165) is 18.4 Å². The van der Waals surface area contributed by atoms with Gasteiger partial charge in [0.1, 0.15) is 0 Å². The van der Waals surface area contributed by atoms with Crippen molar-refractivity contribution in [3.05, 3.63) is 23.9 Å². The number of hydrogen-bond acceptors (Lipinski definition) is 2. The second-order valence-corrected chi connectivity index (χ2v) is 3.55. The normalized spacial score (nSPS) is 19.5. The number of carbonyl (C=O) groups is 1. The molecule has 2 N–H and O–H groups in total. The first kappa shape index (κ1) is 10.8. The van der Waals surface area contributed by atoms with E-state index in [-0.39, 0.29) is 11.3 Å². The molecule has 0 saturated heterocycles. The average molecular weight is 194 g/mol. The van der Waals surface area contributed by atoms with E-state index in [1.165, 1.54) is 0 Å². The molecule has 0 aromatic heterocycles. The van der Waals surface area contributed by atoms with Crippen molar-refractivity contribution in [1.82, 2.24) is 10.6 Å². The number of nitrogens with one attached hydrogen (secondary N) is 2. The largest absolute Gasteiger partial charge is 0.394 e. The van der Waals surface area contributed by atoms with Crippen molar-refractivity contribution in [3.8, 4) is 0 Å². The Labute approximate surface area is 85.3 Å². The van der Waals surface area contributed by atoms with Gasteiger partial charge in [-0.2, -0.15) is 0 Å². The molecule has 0 aromatic rings. The first-order chi connectivity index (χ1) is 6.71. The molecule has 1 amide bonds. The molecule has 1 rings (SSSR count). The Morgan fingerprint density at radius 2 is 2.00 bits per heavy atom. The SMILES string of the molecule is C/C=C\C(=C/NC)C1(C(=O)NC)CC1. The van der Waals surface area contributed by atoms with E-state index in [1.807, 2.05) is 32.3 Å². The third-order valence-electron chi connectivity index (χ3n) is 2.61. The summed E-state index contributed by atoms with van der Waals surface area (Å²) in [6, 6.07) is 0. The fraction of sp³-hybridized carbons (Fsp3) is 0.545. The first-order valence-electron chi connectivity index (χ1n) is 4.94. The summed E-state index contributed by atoms with van der Waals surface area (Å²) in [5.41, 5.74) is 0.812. The maximum absolute atomic E-state index is 11.7. The van der Waals surface area contributed by atoms with Crippen LogP contribution in [0.25, 0.3) is 0 Å². The summed E-state index contributed by atoms with van der Waals surface area (Å²) in [7, 11) is 3.54. The minimum Gasteiger partial charge on any atom is -0.394 e. The summed E-state index contributed by atoms with van der Waals surface area (Å²) in [5, 5.41) is 5.71. The van der Waals surface area contributed by atoms with E-state index >= 15 is 0 Å². The zero-order valence-electron chi connectivity index (χ0n) is 9.05. The first-order valence-corrected chi connectivity index (χ1v) is 4.94. The van der Waals surface area contributed by atoms with Gasteiger partial charge in [-0.25, -0.2) is 0 Å². The Morgan fingerprint density at radius 3 is 2.36 bits per heavy atom. The summed E-state index contributed by atoms with van der Waals surface area (Å²) < 4.78 is 0. The molecule has 0 atom stereocenters. The van der Waals surface area contributed by atoms with E-state index in [9.17, 15) is 4.79 Å². The van der Waals surface area contributed by atoms with Gasteiger partial charge in [-0.15, -0.1) is 0 Å². The summed E-state index contributed by atoms with van der Waals surface area (Å²) in [5.74, 6) is 0.122. The molecular weight excluding hydrogens is 176 g/mol. The van der Waals surface area contributed by atoms with E-state index in [1.54, 1.807) is 7.05 Å². The molecule has 0 radical (unpaired) electrons. The maximum Gasteiger partial charge on any atom is 0.230 e. The molecule has 3 nitrogen and oxygen atoms in total. The molecule has 1 saturated carbocycles. The van der Waals surface area contributed by atoms with Gasteiger partial charge < -0.3 is 10.6 Å². The van der Waals surface area contributed by atoms with Crippen molar-refractivity contribution in [2.45, 2.75) is 19.8 Å². The predicted octanol–water partition coefficient (Wildman–Crippen LogP) is 1.19. The van der Waals surface area contributed by atoms with Gasteiger partial charge in [0.05, 0.1) is 5.41 Å². The molecule has 0 bridgehead atoms. The molecule has 14 heavy (non-hydrogen) atoms. The minimum atomic E-state index is -0.260. The molecular formula is C11H18N2O. The Kier molecular flexibility index (Phi) is 3.33. The van der Waals surface area contributed by atoms with E-state index in [0.29, 0.717) is 0 Å². The highest BCUT2D eigenvalue weighted by Gasteiger charge is 2.51. The van der Waals surface area contributed by atoms with Crippen molar-refractivity contribution in [2.75, 3.05) is 14.1 Å². The Morgan fingerprint density at radius 1 is 1.36 bits per heavy atom. The fourth-order valence-electron chi connectivity index (χ4n) is 1.69. The van der Waals surface area contributed by atoms with E-state index in [2.05, 4.69) is 10.6 Å². The molecule has 0 heterocycles. The average Bonchev–Trinajstić information content (AvgIpc) is 2.97. The van der Waals surface area contributed by atoms with Gasteiger partial charge >= 0.3 is 0 Å². The van der Waals surface area contributed by atoms with Gasteiger partial charge in [0.2, 0.25) is 5.91 Å². The van der Waals surface area contributed by atoms with Crippen LogP contribution in [0.5, 0.6) is 0 Å². The third-order valence-corrected chi connectivity index (χ3v) is 2.61. The molecule has 0 aromatic carbocycles. The smallest absolute Gasteiger partial charge is 0.230 e. The zero-order valence-corrected chi connectivity index (χ0v) is 9.05. The van der Waals surface area contributed by atoms with Crippen LogP contribution in [-0.2, 0) is 4.79 Å². The van der Waals surface area contributed by atoms with Gasteiger partial charge in [-0.1, -0.05) is 12.2 Å². The molecule has 78 valence electrons. The second kappa shape index (κ2) is 4.31. The molecule has 0 aliphatic heterocycles. The van der Waals surface area contributed by atoms with Crippen molar-refractivity contribution in [2.24, 2.45) is 5.41 Å². The lowest BCUT2D eigenvalue weighted by Crippen LogP contribution is -2.30. The molecule has 0 unspecified atom stereocenters. The van der Waals surface area contributed by atoms with E-state index < -0.39 is 0 Å². The third kappa shape index (κ3) is 1.81. The van der Waals surface area contributed by atoms with Crippen LogP contribution in [0.4, 0.5) is 0 Å². The van der Waals surface area contributed by atoms with Crippen LogP contribution in [-0.4, -0.2) is 20.0 Å². The van der Waals surface area contributed by atoms with Gasteiger partial charge in [-0.05, 0) is 25.3 Å². The number of carbonyl (C=O) groups excluding carboxylic acids is 1. The van der Waals surface area contributed by atoms with Crippen LogP contribution in [0.1, 0.15) is 19.8 Å². The van der Waals surface area contributed by atoms with Gasteiger partial charge in [0.15, 0.2) is 0 Å². The lowest BCUT2D eigenvalue weighted by atomic mass is 9.95. The van der Waals surface area contributed by atoms with Gasteiger partial charge in [0.25, 0.3) is 0 Å². The van der Waals surface area contributed by atoms with Crippen molar-refractivity contribution < 1.29 is 4.79 Å². The van der Waals surface area contributed by atoms with Crippen molar-refractivity contribution in [3.63, 3.8) is 0 Å². The predicted molar refractivity (Wildman–Crippen MR) is 57.7 cm³/mol. The van der Waals surface area contributed by atoms with Gasteiger partial charge in [0, 0.05) is 20.3 Å². The molecule has 0 spiro atoms. The topological polar surface area (TPSA) is 41.1 Å². The molecule has 1 fully saturated rings. The fourth-order valence-corrected chi connectivity index (χ4v) is 1.69. The zero-order chi connectivity index (χ0) is 10.6. The van der Waals surface area contributed by atoms with Crippen LogP contribution in [0.15, 0.2) is 23.9 Å². The highest BCUT2D eigenvalue weighted by Crippen LogP contribution is 2.52. The summed E-state index contributed by atoms with van der Waals surface area (Å²) >= 11 is 0. The summed E-state index contributed by atoms with van der Waals surface area (Å²) in [4.78, 5) is 11.7. The minimum absolute atomic E-state index is 0.122. The van der Waals surface area contributed by atoms with Crippen molar-refractivity contribution in [1.29, 1.82) is 0 Å². The Hall–Kier alpha value is -1.25. The van der Waals surface area contributed by atoms with Crippen LogP contribution in [0, 0.1) is 5.41 Å². The van der Waals surface area contributed by atoms with Crippen molar-refractivity contribution >= 4 is 5.91 Å². The molecule has 1 aliphatic rings. The maximum atomic E-state index is 11.7.